The molecule has 2 N–H and O–H groups in total. The predicted octanol–water partition coefficient (Wildman–Crippen LogP) is 1.44. The number of amides is 1. The minimum atomic E-state index is -0.0212. The standard InChI is InChI=1S/C14H23N3O2/c1-16(2)13-7-6-11(15)10-12(13)14(18)17(3)8-5-9-19-4/h6-7,10H,5,8-9,15H2,1-4H3. The highest BCUT2D eigenvalue weighted by Gasteiger charge is 2.17. The number of anilines is 2. The molecule has 0 aliphatic rings. The van der Waals surface area contributed by atoms with Crippen molar-refractivity contribution in [3.05, 3.63) is 23.8 Å². The number of carbonyl (C=O) groups excluding carboxylic acids is 1. The molecule has 5 heteroatoms. The summed E-state index contributed by atoms with van der Waals surface area (Å²) < 4.78 is 4.99. The molecule has 0 heterocycles. The number of methoxy groups -OCH3 is 1. The first-order valence-electron chi connectivity index (χ1n) is 6.28. The maximum absolute atomic E-state index is 12.4. The largest absolute Gasteiger partial charge is 0.399 e. The van der Waals surface area contributed by atoms with Gasteiger partial charge in [0.25, 0.3) is 5.91 Å². The molecule has 0 unspecified atom stereocenters. The van der Waals surface area contributed by atoms with Crippen molar-refractivity contribution in [2.75, 3.05) is 52.0 Å². The predicted molar refractivity (Wildman–Crippen MR) is 78.6 cm³/mol. The lowest BCUT2D eigenvalue weighted by atomic mass is 10.1. The molecular weight excluding hydrogens is 242 g/mol. The molecule has 0 fully saturated rings. The van der Waals surface area contributed by atoms with Crippen LogP contribution in [-0.4, -0.2) is 52.2 Å². The van der Waals surface area contributed by atoms with Gasteiger partial charge in [-0.25, -0.2) is 0 Å². The van der Waals surface area contributed by atoms with E-state index in [1.54, 1.807) is 31.2 Å². The Morgan fingerprint density at radius 1 is 1.32 bits per heavy atom. The minimum Gasteiger partial charge on any atom is -0.399 e. The average molecular weight is 265 g/mol. The molecule has 0 atom stereocenters. The van der Waals surface area contributed by atoms with Crippen LogP contribution in [0.25, 0.3) is 0 Å². The zero-order valence-corrected chi connectivity index (χ0v) is 12.1. The van der Waals surface area contributed by atoms with Gasteiger partial charge in [0.1, 0.15) is 0 Å². The van der Waals surface area contributed by atoms with Crippen molar-refractivity contribution >= 4 is 17.3 Å². The van der Waals surface area contributed by atoms with Crippen molar-refractivity contribution in [1.82, 2.24) is 4.90 Å². The fraction of sp³-hybridized carbons (Fsp3) is 0.500. The molecular formula is C14H23N3O2. The van der Waals surface area contributed by atoms with Gasteiger partial charge in [0, 0.05) is 52.8 Å². The monoisotopic (exact) mass is 265 g/mol. The summed E-state index contributed by atoms with van der Waals surface area (Å²) in [6.45, 7) is 1.31. The summed E-state index contributed by atoms with van der Waals surface area (Å²) in [6, 6.07) is 5.40. The summed E-state index contributed by atoms with van der Waals surface area (Å²) >= 11 is 0. The van der Waals surface area contributed by atoms with Crippen molar-refractivity contribution in [3.8, 4) is 0 Å². The first-order chi connectivity index (χ1) is 8.97. The zero-order valence-electron chi connectivity index (χ0n) is 12.1. The number of nitrogens with zero attached hydrogens (tertiary/aromatic N) is 2. The van der Waals surface area contributed by atoms with E-state index in [0.717, 1.165) is 12.1 Å². The van der Waals surface area contributed by atoms with Gasteiger partial charge in [-0.1, -0.05) is 0 Å². The summed E-state index contributed by atoms with van der Waals surface area (Å²) in [7, 11) is 7.27. The quantitative estimate of drug-likeness (QED) is 0.624. The molecule has 0 aliphatic heterocycles. The van der Waals surface area contributed by atoms with Gasteiger partial charge >= 0.3 is 0 Å². The average Bonchev–Trinajstić information content (AvgIpc) is 2.37. The molecule has 19 heavy (non-hydrogen) atoms. The van der Waals surface area contributed by atoms with E-state index in [-0.39, 0.29) is 5.91 Å². The second kappa shape index (κ2) is 6.99. The third kappa shape index (κ3) is 4.13. The van der Waals surface area contributed by atoms with E-state index in [1.165, 1.54) is 0 Å². The number of benzene rings is 1. The molecule has 1 amide bonds. The molecule has 0 spiro atoms. The molecule has 5 nitrogen and oxygen atoms in total. The number of carbonyl (C=O) groups is 1. The number of hydrogen-bond donors (Lipinski definition) is 1. The van der Waals surface area contributed by atoms with E-state index in [1.807, 2.05) is 25.1 Å². The highest BCUT2D eigenvalue weighted by Crippen LogP contribution is 2.22. The third-order valence-corrected chi connectivity index (χ3v) is 2.92. The fourth-order valence-corrected chi connectivity index (χ4v) is 1.87. The number of hydrogen-bond acceptors (Lipinski definition) is 4. The summed E-state index contributed by atoms with van der Waals surface area (Å²) in [4.78, 5) is 16.0. The number of nitrogen functional groups attached to an aromatic ring is 1. The van der Waals surface area contributed by atoms with Gasteiger partial charge in [0.2, 0.25) is 0 Å². The van der Waals surface area contributed by atoms with Crippen molar-refractivity contribution in [2.45, 2.75) is 6.42 Å². The molecule has 1 aromatic rings. The van der Waals surface area contributed by atoms with Crippen LogP contribution in [0.15, 0.2) is 18.2 Å². The van der Waals surface area contributed by atoms with Crippen LogP contribution in [0.3, 0.4) is 0 Å². The first kappa shape index (κ1) is 15.3. The van der Waals surface area contributed by atoms with E-state index in [2.05, 4.69) is 0 Å². The SMILES string of the molecule is COCCCN(C)C(=O)c1cc(N)ccc1N(C)C. The Hall–Kier alpha value is -1.75. The Kier molecular flexibility index (Phi) is 5.63. The van der Waals surface area contributed by atoms with Gasteiger partial charge in [-0.2, -0.15) is 0 Å². The summed E-state index contributed by atoms with van der Waals surface area (Å²) in [6.07, 6.45) is 0.818. The Bertz CT molecular complexity index is 433. The molecule has 1 rings (SSSR count). The number of ether oxygens (including phenoxy) is 1. The fourth-order valence-electron chi connectivity index (χ4n) is 1.87. The van der Waals surface area contributed by atoms with Gasteiger partial charge < -0.3 is 20.3 Å². The molecule has 0 radical (unpaired) electrons. The topological polar surface area (TPSA) is 58.8 Å². The molecule has 0 saturated carbocycles. The van der Waals surface area contributed by atoms with Crippen LogP contribution in [0, 0.1) is 0 Å². The lowest BCUT2D eigenvalue weighted by Gasteiger charge is -2.22. The van der Waals surface area contributed by atoms with Crippen LogP contribution in [0.2, 0.25) is 0 Å². The van der Waals surface area contributed by atoms with Crippen LogP contribution in [-0.2, 0) is 4.74 Å². The van der Waals surface area contributed by atoms with Gasteiger partial charge in [0.15, 0.2) is 0 Å². The number of rotatable bonds is 6. The second-order valence-corrected chi connectivity index (χ2v) is 4.74. The van der Waals surface area contributed by atoms with E-state index < -0.39 is 0 Å². The maximum atomic E-state index is 12.4. The van der Waals surface area contributed by atoms with Crippen molar-refractivity contribution in [2.24, 2.45) is 0 Å². The van der Waals surface area contributed by atoms with Crippen LogP contribution in [0.5, 0.6) is 0 Å². The highest BCUT2D eigenvalue weighted by molar-refractivity contribution is 6.00. The molecule has 0 aliphatic carbocycles. The van der Waals surface area contributed by atoms with Crippen molar-refractivity contribution in [1.29, 1.82) is 0 Å². The molecule has 0 saturated heterocycles. The van der Waals surface area contributed by atoms with Crippen LogP contribution in [0.4, 0.5) is 11.4 Å². The summed E-state index contributed by atoms with van der Waals surface area (Å²) in [5, 5.41) is 0. The Morgan fingerprint density at radius 2 is 2.00 bits per heavy atom. The number of nitrogens with two attached hydrogens (primary N) is 1. The zero-order chi connectivity index (χ0) is 14.4. The maximum Gasteiger partial charge on any atom is 0.255 e. The highest BCUT2D eigenvalue weighted by atomic mass is 16.5. The van der Waals surface area contributed by atoms with E-state index in [4.69, 9.17) is 10.5 Å². The van der Waals surface area contributed by atoms with Gasteiger partial charge in [-0.05, 0) is 24.6 Å². The summed E-state index contributed by atoms with van der Waals surface area (Å²) in [5.41, 5.74) is 7.88. The molecule has 0 bridgehead atoms. The lowest BCUT2D eigenvalue weighted by molar-refractivity contribution is 0.0780. The van der Waals surface area contributed by atoms with Gasteiger partial charge in [-0.3, -0.25) is 4.79 Å². The van der Waals surface area contributed by atoms with E-state index in [9.17, 15) is 4.79 Å². The molecule has 1 aromatic carbocycles. The van der Waals surface area contributed by atoms with Gasteiger partial charge in [-0.15, -0.1) is 0 Å². The van der Waals surface area contributed by atoms with Gasteiger partial charge in [0.05, 0.1) is 5.56 Å². The minimum absolute atomic E-state index is 0.0212. The molecule has 106 valence electrons. The van der Waals surface area contributed by atoms with E-state index >= 15 is 0 Å². The first-order valence-corrected chi connectivity index (χ1v) is 6.28. The van der Waals surface area contributed by atoms with Crippen LogP contribution >= 0.6 is 0 Å². The third-order valence-electron chi connectivity index (χ3n) is 2.92. The lowest BCUT2D eigenvalue weighted by Crippen LogP contribution is -2.30. The smallest absolute Gasteiger partial charge is 0.255 e. The van der Waals surface area contributed by atoms with Crippen LogP contribution in [0.1, 0.15) is 16.8 Å². The second-order valence-electron chi connectivity index (χ2n) is 4.74. The summed E-state index contributed by atoms with van der Waals surface area (Å²) in [5.74, 6) is -0.0212. The van der Waals surface area contributed by atoms with Crippen LogP contribution < -0.4 is 10.6 Å². The normalized spacial score (nSPS) is 10.3. The Labute approximate surface area is 114 Å². The van der Waals surface area contributed by atoms with Crippen molar-refractivity contribution in [3.63, 3.8) is 0 Å². The Balaban J connectivity index is 2.88. The Morgan fingerprint density at radius 3 is 2.58 bits per heavy atom. The van der Waals surface area contributed by atoms with E-state index in [0.29, 0.717) is 24.4 Å². The molecule has 0 aromatic heterocycles. The van der Waals surface area contributed by atoms with Crippen molar-refractivity contribution < 1.29 is 9.53 Å².